The highest BCUT2D eigenvalue weighted by Gasteiger charge is 2.18. The van der Waals surface area contributed by atoms with Gasteiger partial charge in [0.05, 0.1) is 16.8 Å². The molecule has 1 aromatic heterocycles. The maximum absolute atomic E-state index is 12.3. The van der Waals surface area contributed by atoms with Crippen molar-refractivity contribution in [2.45, 2.75) is 19.4 Å². The van der Waals surface area contributed by atoms with Crippen molar-refractivity contribution in [1.29, 1.82) is 0 Å². The van der Waals surface area contributed by atoms with Gasteiger partial charge in [0, 0.05) is 37.6 Å². The van der Waals surface area contributed by atoms with Crippen LogP contribution in [0.1, 0.15) is 23.2 Å². The van der Waals surface area contributed by atoms with Gasteiger partial charge in [-0.3, -0.25) is 19.6 Å². The summed E-state index contributed by atoms with van der Waals surface area (Å²) in [6.07, 6.45) is 5.30. The molecule has 0 bridgehead atoms. The molecule has 1 N–H and O–H groups in total. The normalized spacial score (nSPS) is 15.1. The van der Waals surface area contributed by atoms with E-state index in [4.69, 9.17) is 16.3 Å². The van der Waals surface area contributed by atoms with Gasteiger partial charge in [-0.1, -0.05) is 11.6 Å². The molecule has 1 amide bonds. The predicted molar refractivity (Wildman–Crippen MR) is 91.8 cm³/mol. The number of nitro benzene ring substituents is 1. The van der Waals surface area contributed by atoms with E-state index in [9.17, 15) is 14.9 Å². The Balaban J connectivity index is 1.65. The fourth-order valence-corrected chi connectivity index (χ4v) is 2.91. The molecule has 0 unspecified atom stereocenters. The Labute approximate surface area is 148 Å². The monoisotopic (exact) mass is 364 g/mol. The van der Waals surface area contributed by atoms with E-state index in [1.54, 1.807) is 17.1 Å². The number of carbonyl (C=O) groups is 1. The van der Waals surface area contributed by atoms with Gasteiger partial charge in [0.15, 0.2) is 0 Å². The molecule has 25 heavy (non-hydrogen) atoms. The van der Waals surface area contributed by atoms with Crippen LogP contribution in [0.5, 0.6) is 0 Å². The molecule has 1 aliphatic rings. The molecule has 9 heteroatoms. The molecule has 8 nitrogen and oxygen atoms in total. The summed E-state index contributed by atoms with van der Waals surface area (Å²) >= 11 is 5.76. The van der Waals surface area contributed by atoms with Crippen molar-refractivity contribution in [3.63, 3.8) is 0 Å². The Morgan fingerprint density at radius 2 is 2.20 bits per heavy atom. The summed E-state index contributed by atoms with van der Waals surface area (Å²) in [5.74, 6) is 0.0569. The highest BCUT2D eigenvalue weighted by Crippen LogP contribution is 2.25. The molecule has 2 aromatic rings. The number of hydrogen-bond acceptors (Lipinski definition) is 5. The van der Waals surface area contributed by atoms with Gasteiger partial charge in [0.25, 0.3) is 11.6 Å². The first-order chi connectivity index (χ1) is 12.0. The van der Waals surface area contributed by atoms with Crippen molar-refractivity contribution >= 4 is 28.9 Å². The minimum atomic E-state index is -0.620. The number of nitrogens with one attached hydrogen (secondary N) is 1. The minimum absolute atomic E-state index is 0.00849. The van der Waals surface area contributed by atoms with Crippen LogP contribution >= 0.6 is 11.6 Å². The molecule has 132 valence electrons. The molecule has 0 saturated carbocycles. The summed E-state index contributed by atoms with van der Waals surface area (Å²) in [7, 11) is 0. The number of anilines is 1. The molecule has 3 rings (SSSR count). The fourth-order valence-electron chi connectivity index (χ4n) is 2.72. The van der Waals surface area contributed by atoms with E-state index < -0.39 is 10.8 Å². The van der Waals surface area contributed by atoms with Crippen molar-refractivity contribution in [3.05, 3.63) is 51.3 Å². The first-order valence-corrected chi connectivity index (χ1v) is 8.26. The number of halogens is 1. The second-order valence-electron chi connectivity index (χ2n) is 5.88. The second-order valence-corrected chi connectivity index (χ2v) is 6.29. The van der Waals surface area contributed by atoms with Gasteiger partial charge in [0.2, 0.25) is 0 Å². The van der Waals surface area contributed by atoms with Crippen LogP contribution in [-0.2, 0) is 11.3 Å². The summed E-state index contributed by atoms with van der Waals surface area (Å²) in [5.41, 5.74) is 0.396. The summed E-state index contributed by atoms with van der Waals surface area (Å²) in [6, 6.07) is 3.93. The van der Waals surface area contributed by atoms with E-state index in [0.717, 1.165) is 38.7 Å². The van der Waals surface area contributed by atoms with Crippen LogP contribution in [0, 0.1) is 16.0 Å². The Hall–Kier alpha value is -2.45. The van der Waals surface area contributed by atoms with Crippen LogP contribution in [0.25, 0.3) is 0 Å². The first-order valence-electron chi connectivity index (χ1n) is 7.88. The number of aromatic nitrogens is 2. The third-order valence-corrected chi connectivity index (χ3v) is 4.40. The van der Waals surface area contributed by atoms with Crippen molar-refractivity contribution in [3.8, 4) is 0 Å². The standard InChI is InChI=1S/C16H17ClN4O4/c17-14-2-1-12(7-15(14)21(23)24)16(22)19-13-8-18-20(10-13)9-11-3-5-25-6-4-11/h1-2,7-8,10-11H,3-6,9H2,(H,19,22). The van der Waals surface area contributed by atoms with Gasteiger partial charge in [-0.25, -0.2) is 0 Å². The zero-order chi connectivity index (χ0) is 17.8. The van der Waals surface area contributed by atoms with E-state index in [1.807, 2.05) is 0 Å². The Bertz CT molecular complexity index is 786. The van der Waals surface area contributed by atoms with E-state index in [0.29, 0.717) is 11.6 Å². The molecular formula is C16H17ClN4O4. The Kier molecular flexibility index (Phi) is 5.30. The largest absolute Gasteiger partial charge is 0.381 e. The van der Waals surface area contributed by atoms with Crippen molar-refractivity contribution < 1.29 is 14.5 Å². The number of amides is 1. The van der Waals surface area contributed by atoms with Crippen LogP contribution in [0.15, 0.2) is 30.6 Å². The number of hydrogen-bond donors (Lipinski definition) is 1. The fraction of sp³-hybridized carbons (Fsp3) is 0.375. The Morgan fingerprint density at radius 3 is 2.92 bits per heavy atom. The number of rotatable bonds is 5. The van der Waals surface area contributed by atoms with Crippen LogP contribution in [0.3, 0.4) is 0 Å². The predicted octanol–water partition coefficient (Wildman–Crippen LogP) is 3.12. The number of nitrogens with zero attached hydrogens (tertiary/aromatic N) is 3. The van der Waals surface area contributed by atoms with Crippen LogP contribution in [0.4, 0.5) is 11.4 Å². The summed E-state index contributed by atoms with van der Waals surface area (Å²) in [5, 5.41) is 17.8. The number of benzene rings is 1. The molecule has 1 aromatic carbocycles. The minimum Gasteiger partial charge on any atom is -0.381 e. The average Bonchev–Trinajstić information content (AvgIpc) is 3.02. The SMILES string of the molecule is O=C(Nc1cnn(CC2CCOCC2)c1)c1ccc(Cl)c([N+](=O)[O-])c1. The molecular weight excluding hydrogens is 348 g/mol. The molecule has 0 radical (unpaired) electrons. The Morgan fingerprint density at radius 1 is 1.44 bits per heavy atom. The lowest BCUT2D eigenvalue weighted by molar-refractivity contribution is -0.384. The van der Waals surface area contributed by atoms with E-state index in [1.165, 1.54) is 12.1 Å². The molecule has 2 heterocycles. The highest BCUT2D eigenvalue weighted by molar-refractivity contribution is 6.32. The summed E-state index contributed by atoms with van der Waals surface area (Å²) in [6.45, 7) is 2.31. The highest BCUT2D eigenvalue weighted by atomic mass is 35.5. The average molecular weight is 365 g/mol. The van der Waals surface area contributed by atoms with Crippen LogP contribution in [0.2, 0.25) is 5.02 Å². The quantitative estimate of drug-likeness (QED) is 0.649. The van der Waals surface area contributed by atoms with Crippen molar-refractivity contribution in [2.24, 2.45) is 5.92 Å². The van der Waals surface area contributed by atoms with Gasteiger partial charge >= 0.3 is 0 Å². The van der Waals surface area contributed by atoms with E-state index in [-0.39, 0.29) is 16.3 Å². The first kappa shape index (κ1) is 17.4. The van der Waals surface area contributed by atoms with Gasteiger partial charge in [-0.05, 0) is 30.9 Å². The van der Waals surface area contributed by atoms with Crippen molar-refractivity contribution in [1.82, 2.24) is 9.78 Å². The van der Waals surface area contributed by atoms with Gasteiger partial charge in [-0.2, -0.15) is 5.10 Å². The summed E-state index contributed by atoms with van der Waals surface area (Å²) < 4.78 is 7.12. The van der Waals surface area contributed by atoms with E-state index >= 15 is 0 Å². The zero-order valence-electron chi connectivity index (χ0n) is 13.4. The number of ether oxygens (including phenoxy) is 1. The van der Waals surface area contributed by atoms with E-state index in [2.05, 4.69) is 10.4 Å². The third kappa shape index (κ3) is 4.34. The number of carbonyl (C=O) groups excluding carboxylic acids is 1. The molecule has 1 saturated heterocycles. The van der Waals surface area contributed by atoms with Gasteiger partial charge in [0.1, 0.15) is 5.02 Å². The molecule has 1 fully saturated rings. The topological polar surface area (TPSA) is 99.3 Å². The molecule has 0 aliphatic carbocycles. The lowest BCUT2D eigenvalue weighted by Crippen LogP contribution is -2.20. The molecule has 0 spiro atoms. The van der Waals surface area contributed by atoms with Gasteiger partial charge < -0.3 is 10.1 Å². The zero-order valence-corrected chi connectivity index (χ0v) is 14.1. The summed E-state index contributed by atoms with van der Waals surface area (Å²) in [4.78, 5) is 22.6. The van der Waals surface area contributed by atoms with Gasteiger partial charge in [-0.15, -0.1) is 0 Å². The van der Waals surface area contributed by atoms with Crippen LogP contribution < -0.4 is 5.32 Å². The maximum Gasteiger partial charge on any atom is 0.288 e. The lowest BCUT2D eigenvalue weighted by Gasteiger charge is -2.21. The second kappa shape index (κ2) is 7.62. The molecule has 0 atom stereocenters. The van der Waals surface area contributed by atoms with Crippen molar-refractivity contribution in [2.75, 3.05) is 18.5 Å². The number of nitro groups is 1. The smallest absolute Gasteiger partial charge is 0.288 e. The molecule has 1 aliphatic heterocycles. The third-order valence-electron chi connectivity index (χ3n) is 4.08. The lowest BCUT2D eigenvalue weighted by atomic mass is 10.0. The van der Waals surface area contributed by atoms with Crippen LogP contribution in [-0.4, -0.2) is 33.8 Å². The maximum atomic E-state index is 12.3.